The molecule has 4 nitrogen and oxygen atoms in total. The topological polar surface area (TPSA) is 44.8 Å². The van der Waals surface area contributed by atoms with E-state index < -0.39 is 5.97 Å². The lowest BCUT2D eigenvalue weighted by Gasteiger charge is -2.16. The van der Waals surface area contributed by atoms with Gasteiger partial charge in [0.05, 0.1) is 7.11 Å². The maximum atomic E-state index is 11.8. The van der Waals surface area contributed by atoms with Gasteiger partial charge in [-0.3, -0.25) is 0 Å². The summed E-state index contributed by atoms with van der Waals surface area (Å²) in [6, 6.07) is 30.3. The van der Waals surface area contributed by atoms with Crippen LogP contribution in [0.2, 0.25) is 0 Å². The van der Waals surface area contributed by atoms with Crippen LogP contribution in [0.3, 0.4) is 0 Å². The van der Waals surface area contributed by atoms with Crippen LogP contribution in [0.1, 0.15) is 38.8 Å². The van der Waals surface area contributed by atoms with E-state index in [9.17, 15) is 4.79 Å². The number of benzene rings is 4. The Labute approximate surface area is 243 Å². The molecule has 0 saturated carbocycles. The van der Waals surface area contributed by atoms with Crippen LogP contribution in [0.25, 0.3) is 33.4 Å². The molecule has 0 amide bonds. The van der Waals surface area contributed by atoms with E-state index in [1.54, 1.807) is 26.2 Å². The van der Waals surface area contributed by atoms with E-state index in [1.807, 2.05) is 43.3 Å². The average molecular weight is 545 g/mol. The maximum Gasteiger partial charge on any atom is 0.338 e. The van der Waals surface area contributed by atoms with E-state index in [0.717, 1.165) is 50.5 Å². The van der Waals surface area contributed by atoms with Crippen molar-refractivity contribution in [2.45, 2.75) is 27.7 Å². The Morgan fingerprint density at radius 2 is 1.17 bits per heavy atom. The highest BCUT2D eigenvalue weighted by molar-refractivity contribution is 5.91. The van der Waals surface area contributed by atoms with Crippen LogP contribution in [0.15, 0.2) is 115 Å². The second kappa shape index (κ2) is 13.0. The zero-order valence-electron chi connectivity index (χ0n) is 24.4. The lowest BCUT2D eigenvalue weighted by molar-refractivity contribution is -0.130. The molecule has 0 unspecified atom stereocenters. The predicted molar refractivity (Wildman–Crippen MR) is 169 cm³/mol. The smallest absolute Gasteiger partial charge is 0.338 e. The van der Waals surface area contributed by atoms with Gasteiger partial charge in [0, 0.05) is 11.1 Å². The Kier molecular flexibility index (Phi) is 9.26. The van der Waals surface area contributed by atoms with Crippen molar-refractivity contribution in [1.29, 1.82) is 0 Å². The number of methoxy groups -OCH3 is 1. The molecular weight excluding hydrogens is 508 g/mol. The van der Waals surface area contributed by atoms with Gasteiger partial charge >= 0.3 is 5.97 Å². The number of hydrogen-bond donors (Lipinski definition) is 0. The average Bonchev–Trinajstić information content (AvgIpc) is 2.99. The number of allylic oxidation sites excluding steroid dienone is 2. The Morgan fingerprint density at radius 3 is 1.73 bits per heavy atom. The molecule has 0 spiro atoms. The zero-order valence-corrected chi connectivity index (χ0v) is 24.4. The van der Waals surface area contributed by atoms with Crippen LogP contribution in [0.5, 0.6) is 17.2 Å². The molecule has 0 heterocycles. The summed E-state index contributed by atoms with van der Waals surface area (Å²) in [4.78, 5) is 11.8. The number of ether oxygens (including phenoxy) is 3. The third kappa shape index (κ3) is 7.23. The molecule has 41 heavy (non-hydrogen) atoms. The van der Waals surface area contributed by atoms with E-state index in [1.165, 1.54) is 11.1 Å². The Balaban J connectivity index is 1.59. The minimum absolute atomic E-state index is 0.368. The fraction of sp³-hybridized carbons (Fsp3) is 0.162. The molecular formula is C37H36O4. The van der Waals surface area contributed by atoms with E-state index in [2.05, 4.69) is 69.5 Å². The van der Waals surface area contributed by atoms with Crippen molar-refractivity contribution in [3.05, 3.63) is 126 Å². The second-order valence-corrected chi connectivity index (χ2v) is 10.2. The van der Waals surface area contributed by atoms with E-state index >= 15 is 0 Å². The van der Waals surface area contributed by atoms with Crippen LogP contribution in [0.4, 0.5) is 0 Å². The lowest BCUT2D eigenvalue weighted by Crippen LogP contribution is -2.07. The van der Waals surface area contributed by atoms with Gasteiger partial charge in [-0.25, -0.2) is 4.79 Å². The van der Waals surface area contributed by atoms with Gasteiger partial charge in [0.25, 0.3) is 0 Å². The summed E-state index contributed by atoms with van der Waals surface area (Å²) >= 11 is 0. The molecule has 208 valence electrons. The molecule has 0 atom stereocenters. The summed E-state index contributed by atoms with van der Waals surface area (Å²) in [6.45, 7) is 15.9. The molecule has 0 aromatic heterocycles. The fourth-order valence-corrected chi connectivity index (χ4v) is 4.34. The zero-order chi connectivity index (χ0) is 29.5. The molecule has 4 heteroatoms. The SMILES string of the molecule is C=C(C)COc1cc(/C(C)=C(\C)c2ccc(-c3ccc(OC(=O)C(=C)C)cc3)cc2)ccc1-c1ccc(OC)cc1. The minimum atomic E-state index is -0.426. The molecule has 0 saturated heterocycles. The van der Waals surface area contributed by atoms with Gasteiger partial charge in [-0.1, -0.05) is 73.8 Å². The second-order valence-electron chi connectivity index (χ2n) is 10.2. The van der Waals surface area contributed by atoms with Crippen LogP contribution in [-0.2, 0) is 4.79 Å². The van der Waals surface area contributed by atoms with Gasteiger partial charge in [0.2, 0.25) is 0 Å². The standard InChI is InChI=1S/C37H36O4/c1-24(2)23-40-36-22-32(16-21-35(36)31-14-17-33(39-7)18-15-31)27(6)26(5)28-8-10-29(11-9-28)30-12-19-34(20-13-30)41-37(38)25(3)4/h8-22H,1,3,23H2,2,4-7H3/b27-26+. The van der Waals surface area contributed by atoms with Gasteiger partial charge < -0.3 is 14.2 Å². The third-order valence-corrected chi connectivity index (χ3v) is 6.92. The summed E-state index contributed by atoms with van der Waals surface area (Å²) in [5.74, 6) is 1.70. The van der Waals surface area contributed by atoms with E-state index in [4.69, 9.17) is 14.2 Å². The molecule has 0 aliphatic carbocycles. The van der Waals surface area contributed by atoms with Crippen LogP contribution in [0, 0.1) is 0 Å². The van der Waals surface area contributed by atoms with E-state index in [0.29, 0.717) is 17.9 Å². The lowest BCUT2D eigenvalue weighted by atomic mass is 9.93. The minimum Gasteiger partial charge on any atom is -0.497 e. The Morgan fingerprint density at radius 1 is 0.659 bits per heavy atom. The molecule has 0 fully saturated rings. The number of carbonyl (C=O) groups excluding carboxylic acids is 1. The van der Waals surface area contributed by atoms with Crippen molar-refractivity contribution in [3.63, 3.8) is 0 Å². The van der Waals surface area contributed by atoms with Gasteiger partial charge in [-0.2, -0.15) is 0 Å². The predicted octanol–water partition coefficient (Wildman–Crippen LogP) is 9.42. The van der Waals surface area contributed by atoms with Crippen LogP contribution in [-0.4, -0.2) is 19.7 Å². The Hall–Kier alpha value is -4.83. The number of carbonyl (C=O) groups is 1. The molecule has 0 bridgehead atoms. The summed E-state index contributed by atoms with van der Waals surface area (Å²) in [5.41, 5.74) is 10.1. The number of hydrogen-bond acceptors (Lipinski definition) is 4. The quantitative estimate of drug-likeness (QED) is 0.0656. The normalized spacial score (nSPS) is 11.3. The fourth-order valence-electron chi connectivity index (χ4n) is 4.34. The van der Waals surface area contributed by atoms with Gasteiger partial charge in [-0.05, 0) is 103 Å². The first-order valence-corrected chi connectivity index (χ1v) is 13.5. The first-order chi connectivity index (χ1) is 19.7. The van der Waals surface area contributed by atoms with Crippen molar-refractivity contribution in [2.75, 3.05) is 13.7 Å². The van der Waals surface area contributed by atoms with Crippen LogP contribution >= 0.6 is 0 Å². The van der Waals surface area contributed by atoms with Crippen molar-refractivity contribution < 1.29 is 19.0 Å². The highest BCUT2D eigenvalue weighted by atomic mass is 16.5. The molecule has 4 rings (SSSR count). The van der Waals surface area contributed by atoms with Gasteiger partial charge in [0.1, 0.15) is 23.9 Å². The van der Waals surface area contributed by atoms with Crippen LogP contribution < -0.4 is 14.2 Å². The molecule has 4 aromatic carbocycles. The number of rotatable bonds is 10. The highest BCUT2D eigenvalue weighted by Crippen LogP contribution is 2.36. The Bertz CT molecular complexity index is 1590. The maximum absolute atomic E-state index is 11.8. The summed E-state index contributed by atoms with van der Waals surface area (Å²) in [7, 11) is 1.67. The first kappa shape index (κ1) is 29.2. The first-order valence-electron chi connectivity index (χ1n) is 13.5. The largest absolute Gasteiger partial charge is 0.497 e. The number of esters is 1. The van der Waals surface area contributed by atoms with Crippen molar-refractivity contribution in [3.8, 4) is 39.5 Å². The summed E-state index contributed by atoms with van der Waals surface area (Å²) in [6.07, 6.45) is 0. The van der Waals surface area contributed by atoms with Crippen molar-refractivity contribution in [1.82, 2.24) is 0 Å². The monoisotopic (exact) mass is 544 g/mol. The third-order valence-electron chi connectivity index (χ3n) is 6.92. The van der Waals surface area contributed by atoms with Crippen molar-refractivity contribution in [2.24, 2.45) is 0 Å². The molecule has 4 aromatic rings. The summed E-state index contributed by atoms with van der Waals surface area (Å²) < 4.78 is 16.8. The highest BCUT2D eigenvalue weighted by Gasteiger charge is 2.12. The molecule has 0 N–H and O–H groups in total. The molecule has 0 aliphatic heterocycles. The van der Waals surface area contributed by atoms with E-state index in [-0.39, 0.29) is 0 Å². The van der Waals surface area contributed by atoms with Gasteiger partial charge in [-0.15, -0.1) is 0 Å². The van der Waals surface area contributed by atoms with Gasteiger partial charge in [0.15, 0.2) is 0 Å². The molecule has 0 radical (unpaired) electrons. The summed E-state index contributed by atoms with van der Waals surface area (Å²) in [5, 5.41) is 0. The van der Waals surface area contributed by atoms with Crippen molar-refractivity contribution >= 4 is 17.1 Å². The molecule has 0 aliphatic rings.